The van der Waals surface area contributed by atoms with Gasteiger partial charge in [0.15, 0.2) is 9.84 Å². The number of benzene rings is 1. The third-order valence-electron chi connectivity index (χ3n) is 3.34. The number of rotatable bonds is 4. The molecule has 0 fully saturated rings. The molecule has 0 unspecified atom stereocenters. The molecule has 0 heterocycles. The minimum absolute atomic E-state index is 0.126. The smallest absolute Gasteiger partial charge is 0.175 e. The zero-order valence-electron chi connectivity index (χ0n) is 11.8. The fraction of sp³-hybridized carbons (Fsp3) is 0.571. The Morgan fingerprint density at radius 2 is 1.63 bits per heavy atom. The van der Waals surface area contributed by atoms with E-state index in [1.54, 1.807) is 12.1 Å². The van der Waals surface area contributed by atoms with Gasteiger partial charge in [-0.3, -0.25) is 0 Å². The first-order chi connectivity index (χ1) is 8.57. The number of aliphatic hydroxyl groups excluding tert-OH is 2. The molecule has 2 atom stereocenters. The number of aliphatic hydroxyl groups is 2. The summed E-state index contributed by atoms with van der Waals surface area (Å²) in [5.74, 6) is -0.309. The van der Waals surface area contributed by atoms with E-state index in [9.17, 15) is 18.6 Å². The van der Waals surface area contributed by atoms with Gasteiger partial charge >= 0.3 is 0 Å². The highest BCUT2D eigenvalue weighted by atomic mass is 32.2. The van der Waals surface area contributed by atoms with E-state index in [0.29, 0.717) is 5.56 Å². The van der Waals surface area contributed by atoms with Crippen LogP contribution in [-0.2, 0) is 9.84 Å². The predicted octanol–water partition coefficient (Wildman–Crippen LogP) is 1.78. The Bertz CT molecular complexity index is 511. The van der Waals surface area contributed by atoms with Crippen molar-refractivity contribution in [3.8, 4) is 0 Å². The van der Waals surface area contributed by atoms with Crippen molar-refractivity contribution in [1.29, 1.82) is 0 Å². The van der Waals surface area contributed by atoms with E-state index in [-0.39, 0.29) is 22.8 Å². The number of hydrogen-bond donors (Lipinski definition) is 2. The van der Waals surface area contributed by atoms with Crippen molar-refractivity contribution in [3.05, 3.63) is 29.8 Å². The van der Waals surface area contributed by atoms with Gasteiger partial charge in [0.1, 0.15) is 0 Å². The van der Waals surface area contributed by atoms with E-state index in [2.05, 4.69) is 0 Å². The first-order valence-electron chi connectivity index (χ1n) is 6.16. The zero-order chi connectivity index (χ0) is 14.8. The van der Waals surface area contributed by atoms with Gasteiger partial charge in [0.25, 0.3) is 0 Å². The summed E-state index contributed by atoms with van der Waals surface area (Å²) in [7, 11) is -3.23. The molecular weight excluding hydrogens is 264 g/mol. The van der Waals surface area contributed by atoms with Gasteiger partial charge in [-0.25, -0.2) is 8.42 Å². The molecule has 1 aromatic rings. The van der Waals surface area contributed by atoms with E-state index in [4.69, 9.17) is 0 Å². The molecule has 5 heteroatoms. The van der Waals surface area contributed by atoms with Crippen LogP contribution in [-0.4, -0.2) is 31.5 Å². The van der Waals surface area contributed by atoms with Crippen LogP contribution in [0.15, 0.2) is 29.2 Å². The quantitative estimate of drug-likeness (QED) is 0.884. The van der Waals surface area contributed by atoms with E-state index in [1.807, 2.05) is 20.8 Å². The highest BCUT2D eigenvalue weighted by Gasteiger charge is 2.31. The van der Waals surface area contributed by atoms with Crippen LogP contribution >= 0.6 is 0 Å². The lowest BCUT2D eigenvalue weighted by molar-refractivity contribution is 0.00418. The van der Waals surface area contributed by atoms with Gasteiger partial charge in [-0.1, -0.05) is 32.9 Å². The molecular formula is C14H22O4S. The molecule has 0 spiro atoms. The predicted molar refractivity (Wildman–Crippen MR) is 74.5 cm³/mol. The molecule has 0 saturated heterocycles. The maximum atomic E-state index is 11.4. The molecule has 0 aliphatic carbocycles. The third kappa shape index (κ3) is 4.03. The normalized spacial score (nSPS) is 16.1. The SMILES string of the molecule is CC(C)(C)[C@@H](CO)[C@H](O)c1ccc(S(C)(=O)=O)cc1. The first-order valence-corrected chi connectivity index (χ1v) is 8.05. The molecule has 19 heavy (non-hydrogen) atoms. The maximum absolute atomic E-state index is 11.4. The molecule has 0 aromatic heterocycles. The average Bonchev–Trinajstić information content (AvgIpc) is 2.27. The van der Waals surface area contributed by atoms with Crippen LogP contribution in [0, 0.1) is 11.3 Å². The van der Waals surface area contributed by atoms with E-state index in [0.717, 1.165) is 6.26 Å². The maximum Gasteiger partial charge on any atom is 0.175 e. The summed E-state index contributed by atoms with van der Waals surface area (Å²) in [6.07, 6.45) is 0.322. The molecule has 0 amide bonds. The fourth-order valence-corrected chi connectivity index (χ4v) is 2.62. The molecule has 4 nitrogen and oxygen atoms in total. The third-order valence-corrected chi connectivity index (χ3v) is 4.47. The Labute approximate surface area is 115 Å². The number of sulfone groups is 1. The van der Waals surface area contributed by atoms with Crippen LogP contribution in [0.5, 0.6) is 0 Å². The van der Waals surface area contributed by atoms with Crippen LogP contribution in [0.2, 0.25) is 0 Å². The molecule has 2 N–H and O–H groups in total. The van der Waals surface area contributed by atoms with Crippen molar-refractivity contribution >= 4 is 9.84 Å². The van der Waals surface area contributed by atoms with Crippen LogP contribution in [0.3, 0.4) is 0 Å². The van der Waals surface area contributed by atoms with Crippen molar-refractivity contribution < 1.29 is 18.6 Å². The lowest BCUT2D eigenvalue weighted by Crippen LogP contribution is -2.30. The number of hydrogen-bond acceptors (Lipinski definition) is 4. The monoisotopic (exact) mass is 286 g/mol. The largest absolute Gasteiger partial charge is 0.396 e. The molecule has 108 valence electrons. The lowest BCUT2D eigenvalue weighted by atomic mass is 9.76. The Morgan fingerprint density at radius 1 is 1.16 bits per heavy atom. The van der Waals surface area contributed by atoms with Crippen molar-refractivity contribution in [2.45, 2.75) is 31.8 Å². The van der Waals surface area contributed by atoms with Gasteiger partial charge < -0.3 is 10.2 Å². The van der Waals surface area contributed by atoms with Gasteiger partial charge in [0, 0.05) is 18.8 Å². The van der Waals surface area contributed by atoms with Gasteiger partial charge in [0.05, 0.1) is 11.0 Å². The summed E-state index contributed by atoms with van der Waals surface area (Å²) in [5.41, 5.74) is 0.366. The summed E-state index contributed by atoms with van der Waals surface area (Å²) >= 11 is 0. The Balaban J connectivity index is 3.04. The minimum atomic E-state index is -3.23. The molecule has 0 aliphatic rings. The molecule has 1 rings (SSSR count). The van der Waals surface area contributed by atoms with Crippen LogP contribution < -0.4 is 0 Å². The topological polar surface area (TPSA) is 74.6 Å². The van der Waals surface area contributed by atoms with Crippen LogP contribution in [0.1, 0.15) is 32.4 Å². The van der Waals surface area contributed by atoms with Crippen LogP contribution in [0.4, 0.5) is 0 Å². The fourth-order valence-electron chi connectivity index (χ4n) is 1.99. The highest BCUT2D eigenvalue weighted by Crippen LogP contribution is 2.36. The minimum Gasteiger partial charge on any atom is -0.396 e. The summed E-state index contributed by atoms with van der Waals surface area (Å²) < 4.78 is 22.7. The van der Waals surface area contributed by atoms with E-state index < -0.39 is 15.9 Å². The summed E-state index contributed by atoms with van der Waals surface area (Å²) in [5, 5.41) is 19.7. The first kappa shape index (κ1) is 16.1. The second kappa shape index (κ2) is 5.61. The zero-order valence-corrected chi connectivity index (χ0v) is 12.6. The Morgan fingerprint density at radius 3 is 1.95 bits per heavy atom. The van der Waals surface area contributed by atoms with Gasteiger partial charge in [-0.2, -0.15) is 0 Å². The van der Waals surface area contributed by atoms with Gasteiger partial charge in [-0.15, -0.1) is 0 Å². The summed E-state index contributed by atoms with van der Waals surface area (Å²) in [6, 6.07) is 6.14. The Hall–Kier alpha value is -0.910. The molecule has 0 radical (unpaired) electrons. The van der Waals surface area contributed by atoms with E-state index in [1.165, 1.54) is 12.1 Å². The highest BCUT2D eigenvalue weighted by molar-refractivity contribution is 7.90. The molecule has 0 saturated carbocycles. The average molecular weight is 286 g/mol. The lowest BCUT2D eigenvalue weighted by Gasteiger charge is -2.33. The van der Waals surface area contributed by atoms with Gasteiger partial charge in [-0.05, 0) is 23.1 Å². The van der Waals surface area contributed by atoms with Crippen LogP contribution in [0.25, 0.3) is 0 Å². The second-order valence-corrected chi connectivity index (χ2v) is 7.96. The van der Waals surface area contributed by atoms with Crippen molar-refractivity contribution in [3.63, 3.8) is 0 Å². The van der Waals surface area contributed by atoms with Gasteiger partial charge in [0.2, 0.25) is 0 Å². The van der Waals surface area contributed by atoms with Crippen molar-refractivity contribution in [1.82, 2.24) is 0 Å². The molecule has 0 bridgehead atoms. The molecule has 1 aromatic carbocycles. The Kier molecular flexibility index (Phi) is 4.76. The van der Waals surface area contributed by atoms with Crippen molar-refractivity contribution in [2.75, 3.05) is 12.9 Å². The van der Waals surface area contributed by atoms with E-state index >= 15 is 0 Å². The molecule has 0 aliphatic heterocycles. The van der Waals surface area contributed by atoms with Crippen molar-refractivity contribution in [2.24, 2.45) is 11.3 Å². The summed E-state index contributed by atoms with van der Waals surface area (Å²) in [4.78, 5) is 0.222. The second-order valence-electron chi connectivity index (χ2n) is 5.94. The summed E-state index contributed by atoms with van der Waals surface area (Å²) in [6.45, 7) is 5.71. The standard InChI is InChI=1S/C14H22O4S/c1-14(2,3)12(9-15)13(16)10-5-7-11(8-6-10)19(4,17)18/h5-8,12-13,15-16H,9H2,1-4H3/t12-,13+/m0/s1.